The van der Waals surface area contributed by atoms with Gasteiger partial charge in [0.1, 0.15) is 0 Å². The SMILES string of the molecule is CCOC(=O)c1c(CN)c(C)n(C2CC2)c1C. The first-order valence-electron chi connectivity index (χ1n) is 6.19. The summed E-state index contributed by atoms with van der Waals surface area (Å²) in [6.45, 7) is 6.63. The van der Waals surface area contributed by atoms with Crippen LogP contribution in [0.2, 0.25) is 0 Å². The molecule has 0 atom stereocenters. The summed E-state index contributed by atoms with van der Waals surface area (Å²) in [6.07, 6.45) is 2.39. The molecule has 0 aromatic carbocycles. The van der Waals surface area contributed by atoms with E-state index >= 15 is 0 Å². The fourth-order valence-corrected chi connectivity index (χ4v) is 2.52. The van der Waals surface area contributed by atoms with Crippen molar-refractivity contribution in [2.75, 3.05) is 6.61 Å². The summed E-state index contributed by atoms with van der Waals surface area (Å²) in [5.41, 5.74) is 9.51. The number of rotatable bonds is 4. The lowest BCUT2D eigenvalue weighted by Crippen LogP contribution is -2.10. The van der Waals surface area contributed by atoms with Gasteiger partial charge in [0, 0.05) is 29.5 Å². The van der Waals surface area contributed by atoms with Crippen LogP contribution < -0.4 is 5.73 Å². The Hall–Kier alpha value is -1.29. The Bertz CT molecular complexity index is 445. The molecule has 2 N–H and O–H groups in total. The molecule has 0 aliphatic heterocycles. The molecule has 1 saturated carbocycles. The van der Waals surface area contributed by atoms with Gasteiger partial charge in [-0.25, -0.2) is 4.79 Å². The molecule has 94 valence electrons. The fraction of sp³-hybridized carbons (Fsp3) is 0.615. The highest BCUT2D eigenvalue weighted by Crippen LogP contribution is 2.39. The predicted molar refractivity (Wildman–Crippen MR) is 66.0 cm³/mol. The van der Waals surface area contributed by atoms with Gasteiger partial charge < -0.3 is 15.0 Å². The Morgan fingerprint density at radius 1 is 1.41 bits per heavy atom. The number of ether oxygens (including phenoxy) is 1. The fourth-order valence-electron chi connectivity index (χ4n) is 2.52. The normalized spacial score (nSPS) is 15.1. The topological polar surface area (TPSA) is 57.2 Å². The lowest BCUT2D eigenvalue weighted by Gasteiger charge is -2.07. The van der Waals surface area contributed by atoms with Gasteiger partial charge in [0.05, 0.1) is 12.2 Å². The molecule has 4 heteroatoms. The molecule has 1 aromatic heterocycles. The number of carbonyl (C=O) groups is 1. The van der Waals surface area contributed by atoms with Crippen LogP contribution in [0, 0.1) is 13.8 Å². The maximum Gasteiger partial charge on any atom is 0.340 e. The van der Waals surface area contributed by atoms with Crippen molar-refractivity contribution in [1.29, 1.82) is 0 Å². The first-order chi connectivity index (χ1) is 8.11. The van der Waals surface area contributed by atoms with E-state index in [9.17, 15) is 4.79 Å². The van der Waals surface area contributed by atoms with Crippen molar-refractivity contribution in [3.05, 3.63) is 22.5 Å². The minimum atomic E-state index is -0.243. The zero-order chi connectivity index (χ0) is 12.6. The molecule has 1 aromatic rings. The molecule has 4 nitrogen and oxygen atoms in total. The van der Waals surface area contributed by atoms with E-state index in [-0.39, 0.29) is 5.97 Å². The van der Waals surface area contributed by atoms with Gasteiger partial charge in [-0.15, -0.1) is 0 Å². The molecule has 1 aliphatic rings. The molecule has 0 amide bonds. The van der Waals surface area contributed by atoms with E-state index < -0.39 is 0 Å². The number of nitrogens with two attached hydrogens (primary N) is 1. The molecular formula is C13H20N2O2. The average molecular weight is 236 g/mol. The molecular weight excluding hydrogens is 216 g/mol. The molecule has 0 radical (unpaired) electrons. The van der Waals surface area contributed by atoms with Crippen LogP contribution in [0.25, 0.3) is 0 Å². The van der Waals surface area contributed by atoms with Gasteiger partial charge in [-0.05, 0) is 33.6 Å². The molecule has 17 heavy (non-hydrogen) atoms. The molecule has 1 fully saturated rings. The largest absolute Gasteiger partial charge is 0.462 e. The van der Waals surface area contributed by atoms with Crippen LogP contribution in [0.5, 0.6) is 0 Å². The lowest BCUT2D eigenvalue weighted by molar-refractivity contribution is 0.0524. The average Bonchev–Trinajstić information content (AvgIpc) is 3.06. The highest BCUT2D eigenvalue weighted by molar-refractivity contribution is 5.93. The number of hydrogen-bond donors (Lipinski definition) is 1. The van der Waals surface area contributed by atoms with E-state index in [1.165, 1.54) is 12.8 Å². The van der Waals surface area contributed by atoms with Crippen LogP contribution in [0.4, 0.5) is 0 Å². The summed E-state index contributed by atoms with van der Waals surface area (Å²) in [5.74, 6) is -0.243. The third-order valence-corrected chi connectivity index (χ3v) is 3.42. The smallest absolute Gasteiger partial charge is 0.340 e. The van der Waals surface area contributed by atoms with Crippen LogP contribution >= 0.6 is 0 Å². The Balaban J connectivity index is 2.49. The van der Waals surface area contributed by atoms with E-state index in [2.05, 4.69) is 4.57 Å². The van der Waals surface area contributed by atoms with Crippen molar-refractivity contribution in [2.24, 2.45) is 5.73 Å². The second-order valence-corrected chi connectivity index (χ2v) is 4.55. The number of esters is 1. The van der Waals surface area contributed by atoms with Crippen molar-refractivity contribution in [1.82, 2.24) is 4.57 Å². The molecule has 2 rings (SSSR count). The summed E-state index contributed by atoms with van der Waals surface area (Å²) in [5, 5.41) is 0. The molecule has 1 aliphatic carbocycles. The second kappa shape index (κ2) is 4.53. The number of nitrogens with zero attached hydrogens (tertiary/aromatic N) is 1. The molecule has 0 bridgehead atoms. The first kappa shape index (κ1) is 12.2. The standard InChI is InChI=1S/C13H20N2O2/c1-4-17-13(16)12-9(3)15(10-5-6-10)8(2)11(12)7-14/h10H,4-7,14H2,1-3H3. The van der Waals surface area contributed by atoms with Gasteiger partial charge in [-0.1, -0.05) is 0 Å². The van der Waals surface area contributed by atoms with Crippen LogP contribution in [0.3, 0.4) is 0 Å². The van der Waals surface area contributed by atoms with Crippen LogP contribution in [0.1, 0.15) is 53.1 Å². The number of carbonyl (C=O) groups excluding carboxylic acids is 1. The third-order valence-electron chi connectivity index (χ3n) is 3.42. The van der Waals surface area contributed by atoms with E-state index in [0.717, 1.165) is 17.0 Å². The number of aromatic nitrogens is 1. The molecule has 1 heterocycles. The van der Waals surface area contributed by atoms with Gasteiger partial charge in [0.25, 0.3) is 0 Å². The summed E-state index contributed by atoms with van der Waals surface area (Å²) >= 11 is 0. The summed E-state index contributed by atoms with van der Waals surface area (Å²) in [4.78, 5) is 12.0. The Morgan fingerprint density at radius 3 is 2.53 bits per heavy atom. The van der Waals surface area contributed by atoms with E-state index in [1.54, 1.807) is 0 Å². The first-order valence-corrected chi connectivity index (χ1v) is 6.19. The third kappa shape index (κ3) is 1.97. The summed E-state index contributed by atoms with van der Waals surface area (Å²) in [7, 11) is 0. The lowest BCUT2D eigenvalue weighted by atomic mass is 10.1. The highest BCUT2D eigenvalue weighted by atomic mass is 16.5. The minimum Gasteiger partial charge on any atom is -0.462 e. The van der Waals surface area contributed by atoms with Crippen LogP contribution in [-0.2, 0) is 11.3 Å². The highest BCUT2D eigenvalue weighted by Gasteiger charge is 2.31. The molecule has 0 unspecified atom stereocenters. The summed E-state index contributed by atoms with van der Waals surface area (Å²) < 4.78 is 7.36. The zero-order valence-corrected chi connectivity index (χ0v) is 10.7. The second-order valence-electron chi connectivity index (χ2n) is 4.55. The maximum atomic E-state index is 12.0. The molecule has 0 spiro atoms. The summed E-state index contributed by atoms with van der Waals surface area (Å²) in [6, 6.07) is 0.559. The number of hydrogen-bond acceptors (Lipinski definition) is 3. The minimum absolute atomic E-state index is 0.243. The van der Waals surface area contributed by atoms with Crippen molar-refractivity contribution in [3.8, 4) is 0 Å². The monoisotopic (exact) mass is 236 g/mol. The van der Waals surface area contributed by atoms with Crippen molar-refractivity contribution >= 4 is 5.97 Å². The Labute approximate surface area is 102 Å². The van der Waals surface area contributed by atoms with Crippen LogP contribution in [-0.4, -0.2) is 17.1 Å². The maximum absolute atomic E-state index is 12.0. The Morgan fingerprint density at radius 2 is 2.06 bits per heavy atom. The molecule has 0 saturated heterocycles. The zero-order valence-electron chi connectivity index (χ0n) is 10.7. The quantitative estimate of drug-likeness (QED) is 0.814. The van der Waals surface area contributed by atoms with Gasteiger partial charge in [0.15, 0.2) is 0 Å². The van der Waals surface area contributed by atoms with Gasteiger partial charge >= 0.3 is 5.97 Å². The van der Waals surface area contributed by atoms with Crippen LogP contribution in [0.15, 0.2) is 0 Å². The van der Waals surface area contributed by atoms with Gasteiger partial charge in [-0.2, -0.15) is 0 Å². The van der Waals surface area contributed by atoms with Gasteiger partial charge in [0.2, 0.25) is 0 Å². The van der Waals surface area contributed by atoms with E-state index in [1.807, 2.05) is 20.8 Å². The van der Waals surface area contributed by atoms with E-state index in [4.69, 9.17) is 10.5 Å². The predicted octanol–water partition coefficient (Wildman–Crippen LogP) is 2.08. The van der Waals surface area contributed by atoms with Crippen molar-refractivity contribution in [3.63, 3.8) is 0 Å². The van der Waals surface area contributed by atoms with Crippen molar-refractivity contribution in [2.45, 2.75) is 46.2 Å². The van der Waals surface area contributed by atoms with Gasteiger partial charge in [-0.3, -0.25) is 0 Å². The van der Waals surface area contributed by atoms with Crippen molar-refractivity contribution < 1.29 is 9.53 Å². The Kier molecular flexibility index (Phi) is 3.24. The van der Waals surface area contributed by atoms with E-state index in [0.29, 0.717) is 24.8 Å².